The molecule has 0 aliphatic carbocycles. The minimum Gasteiger partial charge on any atom is -0.144 e. The third kappa shape index (κ3) is 2.22. The zero-order valence-corrected chi connectivity index (χ0v) is 10.9. The van der Waals surface area contributed by atoms with Crippen molar-refractivity contribution in [2.45, 2.75) is 4.90 Å². The van der Waals surface area contributed by atoms with E-state index < -0.39 is 0 Å². The lowest BCUT2D eigenvalue weighted by molar-refractivity contribution is 1.44. The Kier molecular flexibility index (Phi) is 3.31. The lowest BCUT2D eigenvalue weighted by Gasteiger charge is -2.02. The maximum absolute atomic E-state index is 3.53. The van der Waals surface area contributed by atoms with Gasteiger partial charge in [-0.25, -0.2) is 0 Å². The highest BCUT2D eigenvalue weighted by atomic mass is 79.9. The summed E-state index contributed by atoms with van der Waals surface area (Å²) in [5, 5.41) is 2.11. The fourth-order valence-electron chi connectivity index (χ4n) is 1.27. The molecule has 2 rings (SSSR count). The van der Waals surface area contributed by atoms with Crippen molar-refractivity contribution in [3.8, 4) is 10.4 Å². The van der Waals surface area contributed by atoms with Crippen molar-refractivity contribution in [1.82, 2.24) is 0 Å². The Labute approximate surface area is 100 Å². The van der Waals surface area contributed by atoms with Crippen LogP contribution in [-0.2, 0) is 0 Å². The molecule has 0 N–H and O–H groups in total. The molecule has 1 aromatic carbocycles. The molecule has 3 heteroatoms. The van der Waals surface area contributed by atoms with Gasteiger partial charge in [0.05, 0.1) is 0 Å². The van der Waals surface area contributed by atoms with Crippen LogP contribution in [0.4, 0.5) is 0 Å². The first kappa shape index (κ1) is 10.3. The van der Waals surface area contributed by atoms with E-state index in [2.05, 4.69) is 57.9 Å². The van der Waals surface area contributed by atoms with E-state index in [4.69, 9.17) is 0 Å². The summed E-state index contributed by atoms with van der Waals surface area (Å²) in [6.07, 6.45) is 2.10. The summed E-state index contributed by atoms with van der Waals surface area (Å²) < 4.78 is 1.15. The molecule has 0 unspecified atom stereocenters. The maximum Gasteiger partial charge on any atom is 0.0343 e. The lowest BCUT2D eigenvalue weighted by atomic mass is 10.2. The summed E-state index contributed by atoms with van der Waals surface area (Å²) in [4.78, 5) is 2.62. The van der Waals surface area contributed by atoms with Crippen molar-refractivity contribution in [3.05, 3.63) is 40.2 Å². The van der Waals surface area contributed by atoms with Gasteiger partial charge in [0.15, 0.2) is 0 Å². The summed E-state index contributed by atoms with van der Waals surface area (Å²) in [5.41, 5.74) is 1.29. The molecular weight excluding hydrogens is 276 g/mol. The van der Waals surface area contributed by atoms with Crippen LogP contribution in [0.1, 0.15) is 0 Å². The van der Waals surface area contributed by atoms with Gasteiger partial charge in [-0.2, -0.15) is 0 Å². The molecule has 0 spiro atoms. The van der Waals surface area contributed by atoms with Gasteiger partial charge in [0.2, 0.25) is 0 Å². The first-order valence-electron chi connectivity index (χ1n) is 4.18. The molecule has 0 aliphatic rings. The second-order valence-corrected chi connectivity index (χ2v) is 5.60. The summed E-state index contributed by atoms with van der Waals surface area (Å²) in [5.74, 6) is 0. The standard InChI is InChI=1S/C11H9BrS2/c1-13-10-6-8(5-9(12)7-10)11-3-2-4-14-11/h2-7H,1H3. The molecule has 2 aromatic rings. The third-order valence-electron chi connectivity index (χ3n) is 1.91. The average Bonchev–Trinajstić information content (AvgIpc) is 2.69. The van der Waals surface area contributed by atoms with Gasteiger partial charge in [-0.15, -0.1) is 23.1 Å². The van der Waals surface area contributed by atoms with Crippen LogP contribution in [0.2, 0.25) is 0 Å². The number of thioether (sulfide) groups is 1. The fraction of sp³-hybridized carbons (Fsp3) is 0.0909. The van der Waals surface area contributed by atoms with Gasteiger partial charge < -0.3 is 0 Å². The van der Waals surface area contributed by atoms with Crippen LogP contribution in [0.15, 0.2) is 45.1 Å². The van der Waals surface area contributed by atoms with Crippen molar-refractivity contribution >= 4 is 39.0 Å². The zero-order chi connectivity index (χ0) is 9.97. The smallest absolute Gasteiger partial charge is 0.0343 e. The Morgan fingerprint density at radius 2 is 2.14 bits per heavy atom. The van der Waals surface area contributed by atoms with E-state index in [1.165, 1.54) is 15.3 Å². The molecule has 0 bridgehead atoms. The zero-order valence-electron chi connectivity index (χ0n) is 7.66. The molecular formula is C11H9BrS2. The molecule has 0 fully saturated rings. The molecule has 0 amide bonds. The predicted molar refractivity (Wildman–Crippen MR) is 69.2 cm³/mol. The number of thiophene rings is 1. The predicted octanol–water partition coefficient (Wildman–Crippen LogP) is 4.90. The monoisotopic (exact) mass is 284 g/mol. The van der Waals surface area contributed by atoms with Gasteiger partial charge in [-0.1, -0.05) is 22.0 Å². The van der Waals surface area contributed by atoms with Crippen LogP contribution >= 0.6 is 39.0 Å². The lowest BCUT2D eigenvalue weighted by Crippen LogP contribution is -1.76. The topological polar surface area (TPSA) is 0 Å². The second-order valence-electron chi connectivity index (χ2n) is 2.86. The number of halogens is 1. The molecule has 14 heavy (non-hydrogen) atoms. The van der Waals surface area contributed by atoms with E-state index in [9.17, 15) is 0 Å². The first-order chi connectivity index (χ1) is 6.79. The number of benzene rings is 1. The minimum atomic E-state index is 1.15. The van der Waals surface area contributed by atoms with Gasteiger partial charge in [-0.3, -0.25) is 0 Å². The largest absolute Gasteiger partial charge is 0.144 e. The van der Waals surface area contributed by atoms with Crippen LogP contribution in [0.25, 0.3) is 10.4 Å². The highest BCUT2D eigenvalue weighted by molar-refractivity contribution is 9.10. The van der Waals surface area contributed by atoms with E-state index in [0.29, 0.717) is 0 Å². The first-order valence-corrected chi connectivity index (χ1v) is 7.08. The highest BCUT2D eigenvalue weighted by Crippen LogP contribution is 2.31. The van der Waals surface area contributed by atoms with Crippen LogP contribution in [0.3, 0.4) is 0 Å². The summed E-state index contributed by atoms with van der Waals surface area (Å²) in [7, 11) is 0. The molecule has 0 saturated carbocycles. The average molecular weight is 285 g/mol. The Hall–Kier alpha value is -0.250. The van der Waals surface area contributed by atoms with Gasteiger partial charge in [0.25, 0.3) is 0 Å². The summed E-state index contributed by atoms with van der Waals surface area (Å²) in [6, 6.07) is 10.8. The number of hydrogen-bond acceptors (Lipinski definition) is 2. The van der Waals surface area contributed by atoms with E-state index in [1.54, 1.807) is 23.1 Å². The van der Waals surface area contributed by atoms with Crippen molar-refractivity contribution in [2.75, 3.05) is 6.26 Å². The van der Waals surface area contributed by atoms with Crippen LogP contribution < -0.4 is 0 Å². The fourth-order valence-corrected chi connectivity index (χ4v) is 3.11. The van der Waals surface area contributed by atoms with Crippen LogP contribution in [0, 0.1) is 0 Å². The molecule has 1 heterocycles. The Balaban J connectivity index is 2.48. The number of rotatable bonds is 2. The molecule has 1 aromatic heterocycles. The Bertz CT molecular complexity index is 421. The Morgan fingerprint density at radius 3 is 2.79 bits per heavy atom. The molecule has 0 aliphatic heterocycles. The van der Waals surface area contributed by atoms with Gasteiger partial charge in [0, 0.05) is 14.2 Å². The van der Waals surface area contributed by atoms with Crippen LogP contribution in [-0.4, -0.2) is 6.26 Å². The van der Waals surface area contributed by atoms with Gasteiger partial charge >= 0.3 is 0 Å². The SMILES string of the molecule is CSc1cc(Br)cc(-c2cccs2)c1. The second kappa shape index (κ2) is 4.51. The quantitative estimate of drug-likeness (QED) is 0.707. The molecule has 0 saturated heterocycles. The summed E-state index contributed by atoms with van der Waals surface area (Å²) >= 11 is 7.07. The van der Waals surface area contributed by atoms with E-state index >= 15 is 0 Å². The van der Waals surface area contributed by atoms with E-state index in [1.807, 2.05) is 0 Å². The van der Waals surface area contributed by atoms with E-state index in [0.717, 1.165) is 4.47 Å². The van der Waals surface area contributed by atoms with Crippen molar-refractivity contribution in [3.63, 3.8) is 0 Å². The van der Waals surface area contributed by atoms with Crippen LogP contribution in [0.5, 0.6) is 0 Å². The normalized spacial score (nSPS) is 10.4. The van der Waals surface area contributed by atoms with Crippen molar-refractivity contribution in [1.29, 1.82) is 0 Å². The van der Waals surface area contributed by atoms with Gasteiger partial charge in [-0.05, 0) is 41.5 Å². The van der Waals surface area contributed by atoms with Crippen molar-refractivity contribution < 1.29 is 0 Å². The third-order valence-corrected chi connectivity index (χ3v) is 4.00. The highest BCUT2D eigenvalue weighted by Gasteiger charge is 2.01. The minimum absolute atomic E-state index is 1.15. The molecule has 72 valence electrons. The van der Waals surface area contributed by atoms with E-state index in [-0.39, 0.29) is 0 Å². The van der Waals surface area contributed by atoms with Crippen molar-refractivity contribution in [2.24, 2.45) is 0 Å². The number of hydrogen-bond donors (Lipinski definition) is 0. The molecule has 0 radical (unpaired) electrons. The maximum atomic E-state index is 3.53. The molecule has 0 atom stereocenters. The summed E-state index contributed by atoms with van der Waals surface area (Å²) in [6.45, 7) is 0. The van der Waals surface area contributed by atoms with Gasteiger partial charge in [0.1, 0.15) is 0 Å². The Morgan fingerprint density at radius 1 is 1.29 bits per heavy atom. The molecule has 0 nitrogen and oxygen atoms in total.